The van der Waals surface area contributed by atoms with Crippen molar-refractivity contribution in [2.45, 2.75) is 77.2 Å². The van der Waals surface area contributed by atoms with E-state index in [9.17, 15) is 17.9 Å². The molecule has 0 bridgehead atoms. The summed E-state index contributed by atoms with van der Waals surface area (Å²) in [6, 6.07) is 8.88. The number of nitrogens with one attached hydrogen (secondary N) is 1. The molecule has 0 fully saturated rings. The Labute approximate surface area is 164 Å². The molecule has 0 saturated carbocycles. The standard InChI is InChI=1S/C20H35FN2O3S/c1-4-18(22-16-10-6-7-11-17(2)21)14-15-20(24)23(27(3,25)26)19-12-8-5-9-13-19/h5,8-9,12-13,17-18,20,22,24H,4,6-7,10-11,14-16H2,1-3H3. The first-order valence-electron chi connectivity index (χ1n) is 9.85. The molecule has 0 heterocycles. The van der Waals surface area contributed by atoms with Gasteiger partial charge in [-0.3, -0.25) is 0 Å². The van der Waals surface area contributed by atoms with Gasteiger partial charge in [0, 0.05) is 6.04 Å². The summed E-state index contributed by atoms with van der Waals surface area (Å²) in [5.74, 6) is 0. The van der Waals surface area contributed by atoms with E-state index in [-0.39, 0.29) is 6.04 Å². The van der Waals surface area contributed by atoms with Gasteiger partial charge in [-0.25, -0.2) is 17.1 Å². The van der Waals surface area contributed by atoms with Gasteiger partial charge >= 0.3 is 0 Å². The summed E-state index contributed by atoms with van der Waals surface area (Å²) in [4.78, 5) is 0. The number of benzene rings is 1. The highest BCUT2D eigenvalue weighted by atomic mass is 32.2. The summed E-state index contributed by atoms with van der Waals surface area (Å²) in [5.41, 5.74) is 0.468. The van der Waals surface area contributed by atoms with Crippen LogP contribution in [0.1, 0.15) is 58.8 Å². The van der Waals surface area contributed by atoms with E-state index >= 15 is 0 Å². The number of rotatable bonds is 14. The van der Waals surface area contributed by atoms with Crippen molar-refractivity contribution in [2.24, 2.45) is 0 Å². The van der Waals surface area contributed by atoms with E-state index in [2.05, 4.69) is 12.2 Å². The fraction of sp³-hybridized carbons (Fsp3) is 0.700. The predicted molar refractivity (Wildman–Crippen MR) is 110 cm³/mol. The van der Waals surface area contributed by atoms with E-state index in [1.165, 1.54) is 0 Å². The molecule has 0 aliphatic carbocycles. The van der Waals surface area contributed by atoms with Crippen molar-refractivity contribution in [2.75, 3.05) is 17.1 Å². The van der Waals surface area contributed by atoms with Crippen molar-refractivity contribution in [3.05, 3.63) is 30.3 Å². The van der Waals surface area contributed by atoms with Crippen molar-refractivity contribution in [1.29, 1.82) is 0 Å². The first-order valence-corrected chi connectivity index (χ1v) is 11.7. The maximum atomic E-state index is 12.8. The molecular formula is C20H35FN2O3S. The van der Waals surface area contributed by atoms with Crippen LogP contribution in [0.2, 0.25) is 0 Å². The Hall–Kier alpha value is -1.18. The van der Waals surface area contributed by atoms with Crippen LogP contribution in [0.15, 0.2) is 30.3 Å². The number of anilines is 1. The van der Waals surface area contributed by atoms with Crippen molar-refractivity contribution in [1.82, 2.24) is 5.32 Å². The molecule has 0 aliphatic rings. The molecule has 0 aliphatic heterocycles. The Morgan fingerprint density at radius 3 is 2.33 bits per heavy atom. The first-order chi connectivity index (χ1) is 12.8. The second-order valence-corrected chi connectivity index (χ2v) is 9.00. The minimum Gasteiger partial charge on any atom is -0.373 e. The third kappa shape index (κ3) is 9.53. The summed E-state index contributed by atoms with van der Waals surface area (Å²) in [6.45, 7) is 4.51. The maximum absolute atomic E-state index is 12.8. The van der Waals surface area contributed by atoms with Crippen LogP contribution in [0.4, 0.5) is 10.1 Å². The van der Waals surface area contributed by atoms with Crippen LogP contribution in [-0.4, -0.2) is 44.8 Å². The zero-order valence-corrected chi connectivity index (χ0v) is 17.6. The first kappa shape index (κ1) is 23.9. The van der Waals surface area contributed by atoms with Crippen molar-refractivity contribution >= 4 is 15.7 Å². The number of alkyl halides is 1. The van der Waals surface area contributed by atoms with Crippen molar-refractivity contribution < 1.29 is 17.9 Å². The predicted octanol–water partition coefficient (Wildman–Crippen LogP) is 3.84. The minimum absolute atomic E-state index is 0.219. The van der Waals surface area contributed by atoms with Gasteiger partial charge in [0.15, 0.2) is 0 Å². The Morgan fingerprint density at radius 1 is 1.11 bits per heavy atom. The number of halogens is 1. The molecule has 156 valence electrons. The summed E-state index contributed by atoms with van der Waals surface area (Å²) in [6.07, 6.45) is 4.72. The van der Waals surface area contributed by atoms with Gasteiger partial charge in [0.2, 0.25) is 10.0 Å². The van der Waals surface area contributed by atoms with Gasteiger partial charge in [-0.05, 0) is 57.7 Å². The van der Waals surface area contributed by atoms with Crippen LogP contribution in [0.25, 0.3) is 0 Å². The molecule has 0 radical (unpaired) electrons. The summed E-state index contributed by atoms with van der Waals surface area (Å²) < 4.78 is 38.1. The van der Waals surface area contributed by atoms with Crippen LogP contribution >= 0.6 is 0 Å². The lowest BCUT2D eigenvalue weighted by atomic mass is 10.1. The molecule has 1 aromatic carbocycles. The quantitative estimate of drug-likeness (QED) is 0.366. The Balaban J connectivity index is 2.47. The van der Waals surface area contributed by atoms with E-state index in [1.54, 1.807) is 31.2 Å². The lowest BCUT2D eigenvalue weighted by Crippen LogP contribution is -2.41. The highest BCUT2D eigenvalue weighted by Crippen LogP contribution is 2.22. The van der Waals surface area contributed by atoms with Crippen LogP contribution in [0.3, 0.4) is 0 Å². The third-order valence-electron chi connectivity index (χ3n) is 4.62. The molecule has 2 N–H and O–H groups in total. The van der Waals surface area contributed by atoms with Gasteiger partial charge in [-0.2, -0.15) is 0 Å². The van der Waals surface area contributed by atoms with Crippen LogP contribution in [0.5, 0.6) is 0 Å². The topological polar surface area (TPSA) is 69.6 Å². The summed E-state index contributed by atoms with van der Waals surface area (Å²) >= 11 is 0. The van der Waals surface area contributed by atoms with Crippen molar-refractivity contribution in [3.8, 4) is 0 Å². The SMILES string of the molecule is CCC(CCC(O)N(c1ccccc1)S(C)(=O)=O)NCCCCCC(C)F. The number of para-hydroxylation sites is 1. The van der Waals surface area contributed by atoms with Crippen molar-refractivity contribution in [3.63, 3.8) is 0 Å². The molecule has 0 aromatic heterocycles. The number of aliphatic hydroxyl groups is 1. The minimum atomic E-state index is -3.57. The fourth-order valence-corrected chi connectivity index (χ4v) is 4.16. The van der Waals surface area contributed by atoms with E-state index < -0.39 is 22.4 Å². The molecule has 7 heteroatoms. The molecular weight excluding hydrogens is 367 g/mol. The second-order valence-electron chi connectivity index (χ2n) is 7.14. The Bertz CT molecular complexity index is 611. The molecule has 3 unspecified atom stereocenters. The highest BCUT2D eigenvalue weighted by Gasteiger charge is 2.25. The van der Waals surface area contributed by atoms with Crippen LogP contribution in [-0.2, 0) is 10.0 Å². The number of sulfonamides is 1. The number of hydrogen-bond donors (Lipinski definition) is 2. The smallest absolute Gasteiger partial charge is 0.234 e. The Morgan fingerprint density at radius 2 is 1.78 bits per heavy atom. The van der Waals surface area contributed by atoms with Crippen LogP contribution in [0, 0.1) is 0 Å². The van der Waals surface area contributed by atoms with Gasteiger partial charge in [-0.15, -0.1) is 0 Å². The molecule has 3 atom stereocenters. The molecule has 1 rings (SSSR count). The van der Waals surface area contributed by atoms with Crippen LogP contribution < -0.4 is 9.62 Å². The van der Waals surface area contributed by atoms with E-state index in [1.807, 2.05) is 6.07 Å². The zero-order chi connectivity index (χ0) is 20.3. The van der Waals surface area contributed by atoms with Gasteiger partial charge < -0.3 is 10.4 Å². The van der Waals surface area contributed by atoms with Gasteiger partial charge in [0.05, 0.1) is 18.1 Å². The summed E-state index contributed by atoms with van der Waals surface area (Å²) in [7, 11) is -3.57. The number of unbranched alkanes of at least 4 members (excludes halogenated alkanes) is 2. The van der Waals surface area contributed by atoms with E-state index in [4.69, 9.17) is 0 Å². The normalized spacial score (nSPS) is 15.3. The van der Waals surface area contributed by atoms with Gasteiger partial charge in [0.1, 0.15) is 6.23 Å². The molecule has 1 aromatic rings. The lowest BCUT2D eigenvalue weighted by molar-refractivity contribution is 0.167. The summed E-state index contributed by atoms with van der Waals surface area (Å²) in [5, 5.41) is 14.0. The molecule has 0 amide bonds. The van der Waals surface area contributed by atoms with Gasteiger partial charge in [0.25, 0.3) is 0 Å². The molecule has 0 saturated heterocycles. The fourth-order valence-electron chi connectivity index (χ4n) is 3.11. The highest BCUT2D eigenvalue weighted by molar-refractivity contribution is 7.92. The molecule has 27 heavy (non-hydrogen) atoms. The number of nitrogens with zero attached hydrogens (tertiary/aromatic N) is 1. The Kier molecular flexibility index (Phi) is 10.9. The molecule has 5 nitrogen and oxygen atoms in total. The average Bonchev–Trinajstić information content (AvgIpc) is 2.60. The third-order valence-corrected chi connectivity index (χ3v) is 5.79. The maximum Gasteiger partial charge on any atom is 0.234 e. The second kappa shape index (κ2) is 12.3. The van der Waals surface area contributed by atoms with E-state index in [0.717, 1.165) is 42.8 Å². The van der Waals surface area contributed by atoms with E-state index in [0.29, 0.717) is 24.9 Å². The van der Waals surface area contributed by atoms with Gasteiger partial charge in [-0.1, -0.05) is 38.0 Å². The monoisotopic (exact) mass is 402 g/mol. The number of aliphatic hydroxyl groups excluding tert-OH is 1. The number of hydrogen-bond acceptors (Lipinski definition) is 4. The molecule has 0 spiro atoms. The largest absolute Gasteiger partial charge is 0.373 e. The zero-order valence-electron chi connectivity index (χ0n) is 16.8. The lowest BCUT2D eigenvalue weighted by Gasteiger charge is -2.29. The average molecular weight is 403 g/mol.